The molecule has 0 bridgehead atoms. The third-order valence-corrected chi connectivity index (χ3v) is 5.21. The Morgan fingerprint density at radius 2 is 1.74 bits per heavy atom. The molecule has 5 nitrogen and oxygen atoms in total. The quantitative estimate of drug-likeness (QED) is 0.394. The van der Waals surface area contributed by atoms with Crippen molar-refractivity contribution in [2.24, 2.45) is 0 Å². The minimum Gasteiger partial charge on any atom is -0.507 e. The average Bonchev–Trinajstić information content (AvgIpc) is 2.81. The highest BCUT2D eigenvalue weighted by atomic mass is 16.3. The smallest absolute Gasteiger partial charge is 0.123 e. The highest BCUT2D eigenvalue weighted by Crippen LogP contribution is 2.31. The maximum Gasteiger partial charge on any atom is 0.123 e. The Balaban J connectivity index is 1.97. The summed E-state index contributed by atoms with van der Waals surface area (Å²) in [6, 6.07) is 16.8. The molecular formula is C26H27NO4. The molecule has 1 heterocycles. The van der Waals surface area contributed by atoms with Gasteiger partial charge in [0.25, 0.3) is 0 Å². The molecule has 160 valence electrons. The normalized spacial score (nSPS) is 13.4. The number of rotatable bonds is 9. The number of aliphatic hydroxyl groups is 3. The summed E-state index contributed by atoms with van der Waals surface area (Å²) in [5, 5.41) is 41.2. The average molecular weight is 418 g/mol. The van der Waals surface area contributed by atoms with Crippen LogP contribution in [-0.2, 0) is 0 Å². The molecule has 0 saturated carbocycles. The molecule has 4 N–H and O–H groups in total. The second-order valence-corrected chi connectivity index (χ2v) is 7.26. The van der Waals surface area contributed by atoms with Gasteiger partial charge in [0.05, 0.1) is 25.0 Å². The number of nitrogens with zero attached hydrogens (tertiary/aromatic N) is 1. The van der Waals surface area contributed by atoms with Gasteiger partial charge in [-0.3, -0.25) is 4.98 Å². The van der Waals surface area contributed by atoms with Crippen molar-refractivity contribution in [2.75, 3.05) is 13.2 Å². The van der Waals surface area contributed by atoms with E-state index in [4.69, 9.17) is 0 Å². The van der Waals surface area contributed by atoms with Gasteiger partial charge in [-0.25, -0.2) is 0 Å². The molecule has 3 aromatic rings. The van der Waals surface area contributed by atoms with Gasteiger partial charge in [-0.05, 0) is 64.8 Å². The summed E-state index contributed by atoms with van der Waals surface area (Å²) < 4.78 is 0. The van der Waals surface area contributed by atoms with Crippen LogP contribution in [0.3, 0.4) is 0 Å². The molecule has 0 amide bonds. The van der Waals surface area contributed by atoms with Crippen LogP contribution in [0.25, 0.3) is 22.4 Å². The summed E-state index contributed by atoms with van der Waals surface area (Å²) >= 11 is 0. The number of hydrogen-bond acceptors (Lipinski definition) is 5. The maximum absolute atomic E-state index is 10.7. The standard InChI is InChI=1S/C26H27NO4/c1-18(17-29)21(13-15-28)25(30)12-10-20(24-8-4-5-14-27-24)16-19-9-11-26(31)23-7-3-2-6-22(19)23/h2-9,11,13-14,16,25,28-31H,1,10,12,15,17H2/b20-16-,21-13-. The summed E-state index contributed by atoms with van der Waals surface area (Å²) in [6.45, 7) is 3.24. The van der Waals surface area contributed by atoms with Crippen molar-refractivity contribution in [1.29, 1.82) is 0 Å². The van der Waals surface area contributed by atoms with Crippen LogP contribution in [-0.4, -0.2) is 44.7 Å². The summed E-state index contributed by atoms with van der Waals surface area (Å²) in [7, 11) is 0. The second-order valence-electron chi connectivity index (χ2n) is 7.26. The fourth-order valence-corrected chi connectivity index (χ4v) is 3.60. The lowest BCUT2D eigenvalue weighted by Crippen LogP contribution is -2.14. The number of fused-ring (bicyclic) bond motifs is 1. The van der Waals surface area contributed by atoms with Crippen LogP contribution in [0.1, 0.15) is 24.1 Å². The van der Waals surface area contributed by atoms with Crippen molar-refractivity contribution < 1.29 is 20.4 Å². The van der Waals surface area contributed by atoms with Crippen LogP contribution in [0.5, 0.6) is 5.75 Å². The monoisotopic (exact) mass is 417 g/mol. The highest BCUT2D eigenvalue weighted by Gasteiger charge is 2.15. The highest BCUT2D eigenvalue weighted by molar-refractivity contribution is 5.98. The molecule has 0 aliphatic rings. The number of phenolic OH excluding ortho intramolecular Hbond substituents is 1. The number of phenols is 1. The first-order chi connectivity index (χ1) is 15.0. The fourth-order valence-electron chi connectivity index (χ4n) is 3.60. The minimum atomic E-state index is -0.879. The topological polar surface area (TPSA) is 93.8 Å². The lowest BCUT2D eigenvalue weighted by molar-refractivity contribution is 0.199. The molecule has 0 fully saturated rings. The first-order valence-corrected chi connectivity index (χ1v) is 10.2. The van der Waals surface area contributed by atoms with Crippen LogP contribution < -0.4 is 0 Å². The number of aliphatic hydroxyl groups excluding tert-OH is 3. The predicted octanol–water partition coefficient (Wildman–Crippen LogP) is 4.09. The number of benzene rings is 2. The summed E-state index contributed by atoms with van der Waals surface area (Å²) in [6.07, 6.45) is 5.21. The van der Waals surface area contributed by atoms with E-state index in [1.54, 1.807) is 12.3 Å². The zero-order valence-corrected chi connectivity index (χ0v) is 17.3. The van der Waals surface area contributed by atoms with E-state index in [0.29, 0.717) is 24.0 Å². The van der Waals surface area contributed by atoms with Crippen molar-refractivity contribution in [3.05, 3.63) is 95.9 Å². The largest absolute Gasteiger partial charge is 0.507 e. The summed E-state index contributed by atoms with van der Waals surface area (Å²) in [4.78, 5) is 4.47. The second kappa shape index (κ2) is 10.7. The van der Waals surface area contributed by atoms with E-state index in [1.165, 1.54) is 6.08 Å². The van der Waals surface area contributed by atoms with Crippen molar-refractivity contribution in [1.82, 2.24) is 4.98 Å². The van der Waals surface area contributed by atoms with E-state index in [0.717, 1.165) is 27.6 Å². The van der Waals surface area contributed by atoms with Gasteiger partial charge >= 0.3 is 0 Å². The van der Waals surface area contributed by atoms with Crippen molar-refractivity contribution in [3.8, 4) is 5.75 Å². The molecule has 1 unspecified atom stereocenters. The fraction of sp³-hybridized carbons (Fsp3) is 0.192. The number of aromatic nitrogens is 1. The van der Waals surface area contributed by atoms with E-state index in [1.807, 2.05) is 54.6 Å². The van der Waals surface area contributed by atoms with E-state index in [2.05, 4.69) is 11.6 Å². The predicted molar refractivity (Wildman–Crippen MR) is 124 cm³/mol. The van der Waals surface area contributed by atoms with Gasteiger partial charge in [-0.1, -0.05) is 49.1 Å². The zero-order valence-electron chi connectivity index (χ0n) is 17.3. The molecule has 0 aliphatic carbocycles. The van der Waals surface area contributed by atoms with Gasteiger partial charge in [0.1, 0.15) is 5.75 Å². The first kappa shape index (κ1) is 22.4. The molecule has 3 rings (SSSR count). The number of allylic oxidation sites excluding steroid dienone is 1. The van der Waals surface area contributed by atoms with Crippen LogP contribution in [0.15, 0.2) is 84.6 Å². The molecule has 0 spiro atoms. The molecule has 1 aromatic heterocycles. The Kier molecular flexibility index (Phi) is 7.73. The van der Waals surface area contributed by atoms with Crippen LogP contribution in [0, 0.1) is 0 Å². The van der Waals surface area contributed by atoms with Gasteiger partial charge in [0.15, 0.2) is 0 Å². The summed E-state index contributed by atoms with van der Waals surface area (Å²) in [5.74, 6) is 0.226. The number of pyridine rings is 1. The number of hydrogen-bond donors (Lipinski definition) is 4. The lowest BCUT2D eigenvalue weighted by Gasteiger charge is -2.17. The molecule has 0 radical (unpaired) electrons. The van der Waals surface area contributed by atoms with Gasteiger partial charge in [-0.2, -0.15) is 0 Å². The third kappa shape index (κ3) is 5.47. The summed E-state index contributed by atoms with van der Waals surface area (Å²) in [5.41, 5.74) is 3.48. The Morgan fingerprint density at radius 1 is 1.00 bits per heavy atom. The van der Waals surface area contributed by atoms with Crippen molar-refractivity contribution in [3.63, 3.8) is 0 Å². The molecule has 2 aromatic carbocycles. The minimum absolute atomic E-state index is 0.226. The van der Waals surface area contributed by atoms with Crippen LogP contribution >= 0.6 is 0 Å². The molecule has 31 heavy (non-hydrogen) atoms. The zero-order chi connectivity index (χ0) is 22.2. The third-order valence-electron chi connectivity index (χ3n) is 5.21. The van der Waals surface area contributed by atoms with Gasteiger partial charge in [0.2, 0.25) is 0 Å². The Hall–Kier alpha value is -3.25. The van der Waals surface area contributed by atoms with E-state index < -0.39 is 6.10 Å². The molecule has 0 saturated heterocycles. The Labute approximate surface area is 182 Å². The molecule has 5 heteroatoms. The SMILES string of the molecule is C=C(CO)/C(=C/CO)C(O)CC/C(=C/c1ccc(O)c2ccccc12)c1ccccn1. The molecule has 0 aliphatic heterocycles. The van der Waals surface area contributed by atoms with E-state index >= 15 is 0 Å². The maximum atomic E-state index is 10.7. The van der Waals surface area contributed by atoms with Crippen molar-refractivity contribution in [2.45, 2.75) is 18.9 Å². The van der Waals surface area contributed by atoms with E-state index in [9.17, 15) is 20.4 Å². The van der Waals surface area contributed by atoms with Crippen molar-refractivity contribution >= 4 is 22.4 Å². The van der Waals surface area contributed by atoms with Gasteiger partial charge in [-0.15, -0.1) is 0 Å². The van der Waals surface area contributed by atoms with E-state index in [-0.39, 0.29) is 19.0 Å². The Bertz CT molecular complexity index is 1100. The number of aromatic hydroxyl groups is 1. The van der Waals surface area contributed by atoms with Crippen LogP contribution in [0.2, 0.25) is 0 Å². The van der Waals surface area contributed by atoms with Gasteiger partial charge in [0, 0.05) is 11.6 Å². The molecule has 1 atom stereocenters. The first-order valence-electron chi connectivity index (χ1n) is 10.2. The lowest BCUT2D eigenvalue weighted by atomic mass is 9.93. The molecular weight excluding hydrogens is 390 g/mol. The van der Waals surface area contributed by atoms with Gasteiger partial charge < -0.3 is 20.4 Å². The van der Waals surface area contributed by atoms with Crippen LogP contribution in [0.4, 0.5) is 0 Å². The Morgan fingerprint density at radius 3 is 2.42 bits per heavy atom.